The van der Waals surface area contributed by atoms with Gasteiger partial charge in [0.2, 0.25) is 5.91 Å². The van der Waals surface area contributed by atoms with E-state index in [4.69, 9.17) is 4.52 Å². The predicted molar refractivity (Wildman–Crippen MR) is 109 cm³/mol. The monoisotopic (exact) mass is 404 g/mol. The molecule has 3 aromatic carbocycles. The molecule has 6 heteroatoms. The van der Waals surface area contributed by atoms with Crippen LogP contribution in [0.4, 0.5) is 8.78 Å². The van der Waals surface area contributed by atoms with Crippen molar-refractivity contribution in [1.29, 1.82) is 0 Å². The minimum absolute atomic E-state index is 0.111. The summed E-state index contributed by atoms with van der Waals surface area (Å²) in [7, 11) is 0. The van der Waals surface area contributed by atoms with E-state index in [1.54, 1.807) is 0 Å². The fourth-order valence-electron chi connectivity index (χ4n) is 3.09. The predicted octanol–water partition coefficient (Wildman–Crippen LogP) is 5.15. The van der Waals surface area contributed by atoms with Crippen molar-refractivity contribution in [3.05, 3.63) is 102 Å². The zero-order chi connectivity index (χ0) is 20.9. The Hall–Kier alpha value is -3.80. The van der Waals surface area contributed by atoms with Crippen LogP contribution in [0.15, 0.2) is 83.4 Å². The molecule has 0 spiro atoms. The van der Waals surface area contributed by atoms with Crippen LogP contribution in [-0.4, -0.2) is 11.1 Å². The largest absolute Gasteiger partial charge is 0.356 e. The van der Waals surface area contributed by atoms with Crippen LogP contribution in [0, 0.1) is 11.6 Å². The fourth-order valence-corrected chi connectivity index (χ4v) is 3.09. The molecule has 4 nitrogen and oxygen atoms in total. The van der Waals surface area contributed by atoms with E-state index in [9.17, 15) is 13.6 Å². The van der Waals surface area contributed by atoms with Crippen LogP contribution in [0.25, 0.3) is 22.5 Å². The minimum Gasteiger partial charge on any atom is -0.356 e. The average molecular weight is 404 g/mol. The molecular weight excluding hydrogens is 386 g/mol. The maximum absolute atomic E-state index is 13.8. The number of carbonyl (C=O) groups excluding carboxylic acids is 1. The number of nitrogens with zero attached hydrogens (tertiary/aromatic N) is 1. The number of rotatable bonds is 6. The topological polar surface area (TPSA) is 55.1 Å². The van der Waals surface area contributed by atoms with Crippen LogP contribution >= 0.6 is 0 Å². The van der Waals surface area contributed by atoms with Crippen molar-refractivity contribution in [3.8, 4) is 22.5 Å². The summed E-state index contributed by atoms with van der Waals surface area (Å²) in [5.41, 5.74) is 3.65. The van der Waals surface area contributed by atoms with Gasteiger partial charge in [-0.1, -0.05) is 59.8 Å². The molecule has 0 aliphatic rings. The van der Waals surface area contributed by atoms with E-state index in [0.29, 0.717) is 5.69 Å². The highest BCUT2D eigenvalue weighted by Gasteiger charge is 2.13. The van der Waals surface area contributed by atoms with Crippen molar-refractivity contribution < 1.29 is 18.1 Å². The van der Waals surface area contributed by atoms with E-state index in [1.165, 1.54) is 12.1 Å². The molecular formula is C24H18F2N2O2. The zero-order valence-electron chi connectivity index (χ0n) is 15.9. The molecule has 0 saturated carbocycles. The molecule has 4 aromatic rings. The van der Waals surface area contributed by atoms with Gasteiger partial charge in [-0.3, -0.25) is 4.79 Å². The molecule has 1 heterocycles. The van der Waals surface area contributed by atoms with Gasteiger partial charge in [0.1, 0.15) is 17.3 Å². The van der Waals surface area contributed by atoms with Gasteiger partial charge in [-0.05, 0) is 28.8 Å². The molecule has 1 amide bonds. The number of hydrogen-bond donors (Lipinski definition) is 1. The molecule has 0 fully saturated rings. The SMILES string of the molecule is O=C(Cc1ccc(-c2ccccc2)cc1)NCc1cc(-c2ccc(F)cc2F)on1. The van der Waals surface area contributed by atoms with Gasteiger partial charge in [0.25, 0.3) is 0 Å². The molecule has 0 aliphatic carbocycles. The Bertz CT molecular complexity index is 1160. The lowest BCUT2D eigenvalue weighted by molar-refractivity contribution is -0.120. The molecule has 1 N–H and O–H groups in total. The molecule has 0 radical (unpaired) electrons. The van der Waals surface area contributed by atoms with E-state index in [0.717, 1.165) is 28.8 Å². The summed E-state index contributed by atoms with van der Waals surface area (Å²) in [5.74, 6) is -1.39. The van der Waals surface area contributed by atoms with E-state index < -0.39 is 11.6 Å². The van der Waals surface area contributed by atoms with Crippen molar-refractivity contribution in [2.45, 2.75) is 13.0 Å². The van der Waals surface area contributed by atoms with Gasteiger partial charge in [0.15, 0.2) is 5.76 Å². The Morgan fingerprint density at radius 2 is 1.63 bits per heavy atom. The molecule has 0 saturated heterocycles. The van der Waals surface area contributed by atoms with Gasteiger partial charge in [-0.2, -0.15) is 0 Å². The molecule has 0 aliphatic heterocycles. The second-order valence-corrected chi connectivity index (χ2v) is 6.82. The third-order valence-electron chi connectivity index (χ3n) is 4.65. The molecule has 1 aromatic heterocycles. The van der Waals surface area contributed by atoms with Crippen molar-refractivity contribution in [2.75, 3.05) is 0 Å². The molecule has 0 atom stereocenters. The summed E-state index contributed by atoms with van der Waals surface area (Å²) in [4.78, 5) is 12.2. The van der Waals surface area contributed by atoms with E-state index >= 15 is 0 Å². The Morgan fingerprint density at radius 3 is 2.37 bits per heavy atom. The number of halogens is 2. The van der Waals surface area contributed by atoms with E-state index in [-0.39, 0.29) is 30.2 Å². The number of hydrogen-bond acceptors (Lipinski definition) is 3. The Kier molecular flexibility index (Phi) is 5.66. The Morgan fingerprint density at radius 1 is 0.900 bits per heavy atom. The second-order valence-electron chi connectivity index (χ2n) is 6.82. The van der Waals surface area contributed by atoms with Crippen molar-refractivity contribution in [1.82, 2.24) is 10.5 Å². The van der Waals surface area contributed by atoms with Crippen LogP contribution in [0.1, 0.15) is 11.3 Å². The quantitative estimate of drug-likeness (QED) is 0.484. The van der Waals surface area contributed by atoms with Crippen LogP contribution in [0.5, 0.6) is 0 Å². The fraction of sp³-hybridized carbons (Fsp3) is 0.0833. The summed E-state index contributed by atoms with van der Waals surface area (Å²) < 4.78 is 32.0. The molecule has 0 unspecified atom stereocenters. The van der Waals surface area contributed by atoms with Gasteiger partial charge in [-0.25, -0.2) is 8.78 Å². The maximum Gasteiger partial charge on any atom is 0.224 e. The standard InChI is InChI=1S/C24H18F2N2O2/c25-19-10-11-21(22(26)13-19)23-14-20(28-30-23)15-27-24(29)12-16-6-8-18(9-7-16)17-4-2-1-3-5-17/h1-11,13-14H,12,15H2,(H,27,29). The first-order valence-corrected chi connectivity index (χ1v) is 9.40. The Balaban J connectivity index is 1.33. The average Bonchev–Trinajstić information content (AvgIpc) is 3.22. The van der Waals surface area contributed by atoms with Crippen LogP contribution in [0.2, 0.25) is 0 Å². The smallest absolute Gasteiger partial charge is 0.224 e. The Labute approximate surface area is 172 Å². The highest BCUT2D eigenvalue weighted by molar-refractivity contribution is 5.78. The number of nitrogens with one attached hydrogen (secondary N) is 1. The van der Waals surface area contributed by atoms with Crippen molar-refractivity contribution >= 4 is 5.91 Å². The van der Waals surface area contributed by atoms with E-state index in [2.05, 4.69) is 10.5 Å². The van der Waals surface area contributed by atoms with Crippen LogP contribution in [-0.2, 0) is 17.8 Å². The maximum atomic E-state index is 13.8. The summed E-state index contributed by atoms with van der Waals surface area (Å²) in [5, 5.41) is 6.60. The normalized spacial score (nSPS) is 10.7. The van der Waals surface area contributed by atoms with E-state index in [1.807, 2.05) is 54.6 Å². The van der Waals surface area contributed by atoms with Crippen molar-refractivity contribution in [3.63, 3.8) is 0 Å². The molecule has 30 heavy (non-hydrogen) atoms. The summed E-state index contributed by atoms with van der Waals surface area (Å²) in [6, 6.07) is 22.5. The van der Waals surface area contributed by atoms with Gasteiger partial charge in [0, 0.05) is 12.1 Å². The number of amides is 1. The first kappa shape index (κ1) is 19.5. The van der Waals surface area contributed by atoms with Gasteiger partial charge in [-0.15, -0.1) is 0 Å². The second kappa shape index (κ2) is 8.69. The molecule has 0 bridgehead atoms. The molecule has 150 valence electrons. The van der Waals surface area contributed by atoms with Crippen LogP contribution < -0.4 is 5.32 Å². The van der Waals surface area contributed by atoms with Crippen molar-refractivity contribution in [2.24, 2.45) is 0 Å². The minimum atomic E-state index is -0.735. The lowest BCUT2D eigenvalue weighted by atomic mass is 10.0. The first-order valence-electron chi connectivity index (χ1n) is 9.40. The number of aromatic nitrogens is 1. The zero-order valence-corrected chi connectivity index (χ0v) is 15.9. The number of benzene rings is 3. The van der Waals surface area contributed by atoms with Crippen LogP contribution in [0.3, 0.4) is 0 Å². The van der Waals surface area contributed by atoms with Gasteiger partial charge < -0.3 is 9.84 Å². The first-order chi connectivity index (χ1) is 14.6. The molecule has 4 rings (SSSR count). The number of carbonyl (C=O) groups is 1. The highest BCUT2D eigenvalue weighted by Crippen LogP contribution is 2.24. The highest BCUT2D eigenvalue weighted by atomic mass is 19.1. The lowest BCUT2D eigenvalue weighted by Gasteiger charge is -2.05. The third-order valence-corrected chi connectivity index (χ3v) is 4.65. The summed E-state index contributed by atoms with van der Waals surface area (Å²) in [6.07, 6.45) is 0.229. The third kappa shape index (κ3) is 4.60. The lowest BCUT2D eigenvalue weighted by Crippen LogP contribution is -2.24. The summed E-state index contributed by atoms with van der Waals surface area (Å²) in [6.45, 7) is 0.146. The van der Waals surface area contributed by atoms with Gasteiger partial charge >= 0.3 is 0 Å². The summed E-state index contributed by atoms with van der Waals surface area (Å²) >= 11 is 0. The van der Waals surface area contributed by atoms with Gasteiger partial charge in [0.05, 0.1) is 18.5 Å².